The number of hydrogen-bond donors (Lipinski definition) is 3. The summed E-state index contributed by atoms with van der Waals surface area (Å²) in [5.41, 5.74) is 0.266. The molecule has 1 atom stereocenters. The number of aryl methyl sites for hydroxylation is 1. The topological polar surface area (TPSA) is 78.4 Å². The van der Waals surface area contributed by atoms with Crippen molar-refractivity contribution in [2.75, 3.05) is 13.6 Å². The summed E-state index contributed by atoms with van der Waals surface area (Å²) < 4.78 is 27.9. The lowest BCUT2D eigenvalue weighted by Gasteiger charge is -2.35. The lowest BCUT2D eigenvalue weighted by Crippen LogP contribution is -2.47. The zero-order valence-corrected chi connectivity index (χ0v) is 14.8. The van der Waals surface area contributed by atoms with Gasteiger partial charge in [0, 0.05) is 12.6 Å². The molecule has 6 heteroatoms. The molecule has 1 aromatic rings. The van der Waals surface area contributed by atoms with Crippen LogP contribution in [-0.2, 0) is 10.0 Å². The summed E-state index contributed by atoms with van der Waals surface area (Å²) in [5.74, 6) is 0. The average Bonchev–Trinajstić information content (AvgIpc) is 2.47. The molecule has 1 aromatic carbocycles. The van der Waals surface area contributed by atoms with Crippen molar-refractivity contribution in [1.29, 1.82) is 0 Å². The number of sulfonamides is 1. The van der Waals surface area contributed by atoms with Crippen LogP contribution in [0.3, 0.4) is 0 Å². The zero-order chi connectivity index (χ0) is 16.9. The minimum Gasteiger partial charge on any atom is -0.390 e. The molecule has 1 fully saturated rings. The summed E-state index contributed by atoms with van der Waals surface area (Å²) in [6.07, 6.45) is 5.10. The van der Waals surface area contributed by atoms with Gasteiger partial charge in [-0.3, -0.25) is 0 Å². The highest BCUT2D eigenvalue weighted by molar-refractivity contribution is 7.89. The third-order valence-electron chi connectivity index (χ3n) is 4.51. The largest absolute Gasteiger partial charge is 0.390 e. The van der Waals surface area contributed by atoms with Gasteiger partial charge in [-0.2, -0.15) is 0 Å². The lowest BCUT2D eigenvalue weighted by atomic mass is 9.80. The van der Waals surface area contributed by atoms with E-state index in [-0.39, 0.29) is 10.9 Å². The van der Waals surface area contributed by atoms with Crippen molar-refractivity contribution in [3.05, 3.63) is 29.8 Å². The Morgan fingerprint density at radius 1 is 1.17 bits per heavy atom. The summed E-state index contributed by atoms with van der Waals surface area (Å²) in [6.45, 7) is 2.42. The highest BCUT2D eigenvalue weighted by atomic mass is 32.2. The third-order valence-corrected chi connectivity index (χ3v) is 6.05. The maximum Gasteiger partial charge on any atom is 0.240 e. The monoisotopic (exact) mass is 340 g/mol. The smallest absolute Gasteiger partial charge is 0.240 e. The minimum atomic E-state index is -3.58. The van der Waals surface area contributed by atoms with Crippen LogP contribution < -0.4 is 10.0 Å². The van der Waals surface area contributed by atoms with Crippen LogP contribution in [0.15, 0.2) is 29.2 Å². The Balaban J connectivity index is 2.09. The molecule has 2 rings (SSSR count). The van der Waals surface area contributed by atoms with Crippen LogP contribution >= 0.6 is 0 Å². The summed E-state index contributed by atoms with van der Waals surface area (Å²) in [5, 5.41) is 13.7. The molecule has 1 aliphatic rings. The fourth-order valence-corrected chi connectivity index (χ4v) is 4.52. The van der Waals surface area contributed by atoms with E-state index >= 15 is 0 Å². The third kappa shape index (κ3) is 5.28. The number of benzene rings is 1. The predicted octanol–water partition coefficient (Wildman–Crippen LogP) is 1.95. The van der Waals surface area contributed by atoms with Gasteiger partial charge >= 0.3 is 0 Å². The molecule has 0 amide bonds. The van der Waals surface area contributed by atoms with Crippen LogP contribution in [0.5, 0.6) is 0 Å². The molecular weight excluding hydrogens is 312 g/mol. The van der Waals surface area contributed by atoms with Crippen molar-refractivity contribution in [2.24, 2.45) is 0 Å². The fourth-order valence-electron chi connectivity index (χ4n) is 3.28. The molecule has 0 heterocycles. The van der Waals surface area contributed by atoms with E-state index < -0.39 is 15.6 Å². The standard InChI is InChI=1S/C17H28N2O3S/c1-14-6-8-16(9-7-14)23(21,22)19-15(13-18-2)12-17(20)10-4-3-5-11-17/h6-9,15,18-20H,3-5,10-13H2,1-2H3. The Kier molecular flexibility index (Phi) is 6.19. The molecule has 5 nitrogen and oxygen atoms in total. The number of nitrogens with one attached hydrogen (secondary N) is 2. The van der Waals surface area contributed by atoms with Crippen LogP contribution in [0.25, 0.3) is 0 Å². The fraction of sp³-hybridized carbons (Fsp3) is 0.647. The van der Waals surface area contributed by atoms with E-state index in [1.165, 1.54) is 0 Å². The predicted molar refractivity (Wildman–Crippen MR) is 91.9 cm³/mol. The molecule has 0 aliphatic heterocycles. The van der Waals surface area contributed by atoms with Crippen LogP contribution in [0, 0.1) is 6.92 Å². The van der Waals surface area contributed by atoms with Gasteiger partial charge in [0.15, 0.2) is 0 Å². The van der Waals surface area contributed by atoms with Gasteiger partial charge in [-0.25, -0.2) is 13.1 Å². The average molecular weight is 340 g/mol. The maximum atomic E-state index is 12.6. The van der Waals surface area contributed by atoms with E-state index in [1.54, 1.807) is 31.3 Å². The van der Waals surface area contributed by atoms with Crippen LogP contribution in [0.2, 0.25) is 0 Å². The number of likely N-dealkylation sites (N-methyl/N-ethyl adjacent to an activating group) is 1. The van der Waals surface area contributed by atoms with Crippen molar-refractivity contribution in [1.82, 2.24) is 10.0 Å². The number of hydrogen-bond acceptors (Lipinski definition) is 4. The van der Waals surface area contributed by atoms with Crippen LogP contribution in [0.4, 0.5) is 0 Å². The molecule has 1 saturated carbocycles. The Labute approximate surface area is 139 Å². The van der Waals surface area contributed by atoms with Crippen molar-refractivity contribution >= 4 is 10.0 Å². The molecule has 0 saturated heterocycles. The minimum absolute atomic E-state index is 0.264. The number of rotatable bonds is 7. The zero-order valence-electron chi connectivity index (χ0n) is 14.0. The van der Waals surface area contributed by atoms with Crippen LogP contribution in [0.1, 0.15) is 44.1 Å². The van der Waals surface area contributed by atoms with E-state index in [0.29, 0.717) is 13.0 Å². The van der Waals surface area contributed by atoms with E-state index in [9.17, 15) is 13.5 Å². The van der Waals surface area contributed by atoms with Crippen LogP contribution in [-0.4, -0.2) is 38.8 Å². The second-order valence-electron chi connectivity index (χ2n) is 6.68. The quantitative estimate of drug-likeness (QED) is 0.709. The summed E-state index contributed by atoms with van der Waals surface area (Å²) in [6, 6.07) is 6.48. The highest BCUT2D eigenvalue weighted by Crippen LogP contribution is 2.32. The molecule has 3 N–H and O–H groups in total. The Bertz CT molecular complexity index is 593. The van der Waals surface area contributed by atoms with Gasteiger partial charge in [-0.05, 0) is 45.4 Å². The highest BCUT2D eigenvalue weighted by Gasteiger charge is 2.33. The Morgan fingerprint density at radius 3 is 2.35 bits per heavy atom. The van der Waals surface area contributed by atoms with E-state index in [1.807, 2.05) is 6.92 Å². The first kappa shape index (κ1) is 18.4. The Morgan fingerprint density at radius 2 is 1.78 bits per heavy atom. The van der Waals surface area contributed by atoms with Gasteiger partial charge in [0.25, 0.3) is 0 Å². The molecule has 130 valence electrons. The molecule has 1 unspecified atom stereocenters. The first-order chi connectivity index (χ1) is 10.8. The first-order valence-electron chi connectivity index (χ1n) is 8.31. The van der Waals surface area contributed by atoms with Gasteiger partial charge in [0.05, 0.1) is 10.5 Å². The second-order valence-corrected chi connectivity index (χ2v) is 8.39. The molecule has 0 aromatic heterocycles. The lowest BCUT2D eigenvalue weighted by molar-refractivity contribution is -0.0102. The molecule has 0 spiro atoms. The van der Waals surface area contributed by atoms with Gasteiger partial charge in [-0.1, -0.05) is 37.0 Å². The summed E-state index contributed by atoms with van der Waals surface area (Å²) >= 11 is 0. The second kappa shape index (κ2) is 7.75. The van der Waals surface area contributed by atoms with Gasteiger partial charge < -0.3 is 10.4 Å². The maximum absolute atomic E-state index is 12.6. The first-order valence-corrected chi connectivity index (χ1v) is 9.79. The van der Waals surface area contributed by atoms with Crippen molar-refractivity contribution < 1.29 is 13.5 Å². The van der Waals surface area contributed by atoms with Gasteiger partial charge in [0.2, 0.25) is 10.0 Å². The van der Waals surface area contributed by atoms with E-state index in [2.05, 4.69) is 10.0 Å². The SMILES string of the molecule is CNCC(CC1(O)CCCCC1)NS(=O)(=O)c1ccc(C)cc1. The molecular formula is C17H28N2O3S. The van der Waals surface area contributed by atoms with Crippen molar-refractivity contribution in [3.63, 3.8) is 0 Å². The van der Waals surface area contributed by atoms with E-state index in [0.717, 1.165) is 37.7 Å². The van der Waals surface area contributed by atoms with Crippen molar-refractivity contribution in [2.45, 2.75) is 62.0 Å². The summed E-state index contributed by atoms with van der Waals surface area (Å²) in [7, 11) is -1.79. The molecule has 0 radical (unpaired) electrons. The van der Waals surface area contributed by atoms with Gasteiger partial charge in [-0.15, -0.1) is 0 Å². The molecule has 1 aliphatic carbocycles. The van der Waals surface area contributed by atoms with Gasteiger partial charge in [0.1, 0.15) is 0 Å². The molecule has 0 bridgehead atoms. The Hall–Kier alpha value is -0.950. The van der Waals surface area contributed by atoms with Crippen molar-refractivity contribution in [3.8, 4) is 0 Å². The van der Waals surface area contributed by atoms with E-state index in [4.69, 9.17) is 0 Å². The molecule has 23 heavy (non-hydrogen) atoms. The normalized spacial score (nSPS) is 19.4. The number of aliphatic hydroxyl groups is 1. The summed E-state index contributed by atoms with van der Waals surface area (Å²) in [4.78, 5) is 0.264.